The van der Waals surface area contributed by atoms with Crippen LogP contribution in [0, 0.1) is 0 Å². The summed E-state index contributed by atoms with van der Waals surface area (Å²) in [6.45, 7) is 4.47. The number of aliphatic imine (C=N–C) groups is 2. The maximum Gasteiger partial charge on any atom is 0.257 e. The van der Waals surface area contributed by atoms with Crippen molar-refractivity contribution >= 4 is 58.9 Å². The fraction of sp³-hybridized carbons (Fsp3) is 0.179. The summed E-state index contributed by atoms with van der Waals surface area (Å²) in [4.78, 5) is 46.6. The molecule has 0 atom stereocenters. The van der Waals surface area contributed by atoms with Crippen LogP contribution in [0.1, 0.15) is 38.8 Å². The number of nitrogens with zero attached hydrogens (tertiary/aromatic N) is 2. The highest BCUT2D eigenvalue weighted by Gasteiger charge is 2.17. The van der Waals surface area contributed by atoms with Crippen molar-refractivity contribution in [2.45, 2.75) is 6.92 Å². The molecule has 3 aromatic rings. The van der Waals surface area contributed by atoms with Gasteiger partial charge in [-0.15, -0.1) is 12.4 Å². The highest BCUT2D eigenvalue weighted by Crippen LogP contribution is 2.22. The fourth-order valence-electron chi connectivity index (χ4n) is 4.18. The van der Waals surface area contributed by atoms with E-state index in [1.54, 1.807) is 30.3 Å². The van der Waals surface area contributed by atoms with Crippen molar-refractivity contribution in [1.82, 2.24) is 10.6 Å². The number of nitrogens with one attached hydrogen (secondary N) is 5. The average molecular weight is 546 g/mol. The predicted molar refractivity (Wildman–Crippen MR) is 156 cm³/mol. The Morgan fingerprint density at radius 2 is 1.21 bits per heavy atom. The lowest BCUT2D eigenvalue weighted by atomic mass is 10.1. The van der Waals surface area contributed by atoms with Crippen molar-refractivity contribution in [2.24, 2.45) is 9.98 Å². The third-order valence-corrected chi connectivity index (χ3v) is 6.02. The van der Waals surface area contributed by atoms with Crippen LogP contribution in [0.25, 0.3) is 0 Å². The first-order chi connectivity index (χ1) is 18.5. The number of rotatable bonds is 7. The van der Waals surface area contributed by atoms with Crippen LogP contribution >= 0.6 is 12.4 Å². The molecule has 2 aliphatic rings. The van der Waals surface area contributed by atoms with Gasteiger partial charge in [-0.3, -0.25) is 24.4 Å². The molecule has 0 bridgehead atoms. The van der Waals surface area contributed by atoms with E-state index >= 15 is 0 Å². The van der Waals surface area contributed by atoms with Crippen molar-refractivity contribution in [3.8, 4) is 0 Å². The van der Waals surface area contributed by atoms with Gasteiger partial charge in [0.1, 0.15) is 11.7 Å². The summed E-state index contributed by atoms with van der Waals surface area (Å²) < 4.78 is 0. The molecule has 2 heterocycles. The maximum atomic E-state index is 13.1. The van der Waals surface area contributed by atoms with Crippen LogP contribution in [0.15, 0.2) is 76.7 Å². The second-order valence-corrected chi connectivity index (χ2v) is 8.82. The summed E-state index contributed by atoms with van der Waals surface area (Å²) in [5, 5.41) is 14.8. The SMILES string of the molecule is CC(=O)Nc1cc(C(=O)Nc2ccc(C3=NCCN3)cc2)ccc1C(=O)Nc1ccc(C2=NCCN2)cc1.Cl. The smallest absolute Gasteiger partial charge is 0.257 e. The van der Waals surface area contributed by atoms with E-state index in [0.29, 0.717) is 16.9 Å². The van der Waals surface area contributed by atoms with Crippen molar-refractivity contribution in [3.63, 3.8) is 0 Å². The van der Waals surface area contributed by atoms with Gasteiger partial charge in [0, 0.05) is 48.1 Å². The van der Waals surface area contributed by atoms with Crippen molar-refractivity contribution in [3.05, 3.63) is 89.0 Å². The van der Waals surface area contributed by atoms with E-state index in [9.17, 15) is 14.4 Å². The Bertz CT molecular complexity index is 1450. The number of carbonyl (C=O) groups excluding carboxylic acids is 3. The van der Waals surface area contributed by atoms with Crippen molar-refractivity contribution in [2.75, 3.05) is 42.1 Å². The minimum atomic E-state index is -0.413. The molecule has 39 heavy (non-hydrogen) atoms. The van der Waals surface area contributed by atoms with Gasteiger partial charge in [0.15, 0.2) is 0 Å². The molecule has 3 aromatic carbocycles. The first-order valence-electron chi connectivity index (χ1n) is 12.3. The number of amidine groups is 2. The van der Waals surface area contributed by atoms with Gasteiger partial charge in [-0.05, 0) is 66.7 Å². The van der Waals surface area contributed by atoms with Gasteiger partial charge in [-0.25, -0.2) is 0 Å². The largest absolute Gasteiger partial charge is 0.368 e. The highest BCUT2D eigenvalue weighted by atomic mass is 35.5. The van der Waals surface area contributed by atoms with Crippen LogP contribution in [0.4, 0.5) is 17.1 Å². The van der Waals surface area contributed by atoms with Gasteiger partial charge >= 0.3 is 0 Å². The summed E-state index contributed by atoms with van der Waals surface area (Å²) in [5.74, 6) is 0.536. The van der Waals surface area contributed by atoms with Gasteiger partial charge < -0.3 is 26.6 Å². The van der Waals surface area contributed by atoms with Gasteiger partial charge in [0.25, 0.3) is 11.8 Å². The third kappa shape index (κ3) is 6.60. The molecule has 0 radical (unpaired) electrons. The Morgan fingerprint density at radius 1 is 0.692 bits per heavy atom. The molecule has 200 valence electrons. The Labute approximate surface area is 231 Å². The molecule has 11 heteroatoms. The molecule has 0 fully saturated rings. The molecular formula is C28H28ClN7O3. The molecular weight excluding hydrogens is 518 g/mol. The number of anilines is 3. The summed E-state index contributed by atoms with van der Waals surface area (Å²) in [5.41, 5.74) is 3.86. The summed E-state index contributed by atoms with van der Waals surface area (Å²) in [7, 11) is 0. The van der Waals surface area contributed by atoms with Crippen LogP contribution in [-0.4, -0.2) is 55.6 Å². The van der Waals surface area contributed by atoms with E-state index in [1.807, 2.05) is 24.3 Å². The van der Waals surface area contributed by atoms with Gasteiger partial charge in [-0.2, -0.15) is 0 Å². The zero-order valence-corrected chi connectivity index (χ0v) is 22.0. The number of hydrogen-bond acceptors (Lipinski definition) is 7. The first-order valence-corrected chi connectivity index (χ1v) is 12.3. The minimum Gasteiger partial charge on any atom is -0.368 e. The first kappa shape index (κ1) is 27.3. The molecule has 0 saturated heterocycles. The van der Waals surface area contributed by atoms with E-state index in [0.717, 1.165) is 49.0 Å². The van der Waals surface area contributed by atoms with E-state index in [2.05, 4.69) is 36.6 Å². The molecule has 3 amide bonds. The molecule has 10 nitrogen and oxygen atoms in total. The van der Waals surface area contributed by atoms with Crippen LogP contribution in [0.5, 0.6) is 0 Å². The third-order valence-electron chi connectivity index (χ3n) is 6.02. The van der Waals surface area contributed by atoms with Crippen LogP contribution in [0.2, 0.25) is 0 Å². The van der Waals surface area contributed by atoms with Crippen molar-refractivity contribution in [1.29, 1.82) is 0 Å². The molecule has 5 rings (SSSR count). The number of benzene rings is 3. The topological polar surface area (TPSA) is 136 Å². The molecule has 2 aliphatic heterocycles. The molecule has 0 saturated carbocycles. The number of hydrogen-bond donors (Lipinski definition) is 5. The molecule has 0 aromatic heterocycles. The maximum absolute atomic E-state index is 13.1. The lowest BCUT2D eigenvalue weighted by molar-refractivity contribution is -0.114. The van der Waals surface area contributed by atoms with Gasteiger partial charge in [-0.1, -0.05) is 0 Å². The lowest BCUT2D eigenvalue weighted by Crippen LogP contribution is -2.20. The lowest BCUT2D eigenvalue weighted by Gasteiger charge is -2.13. The second kappa shape index (κ2) is 12.2. The molecule has 5 N–H and O–H groups in total. The normalized spacial score (nSPS) is 13.7. The van der Waals surface area contributed by atoms with E-state index < -0.39 is 5.91 Å². The van der Waals surface area contributed by atoms with E-state index in [-0.39, 0.29) is 35.5 Å². The Kier molecular flexibility index (Phi) is 8.57. The molecule has 0 spiro atoms. The summed E-state index contributed by atoms with van der Waals surface area (Å²) >= 11 is 0. The van der Waals surface area contributed by atoms with Crippen molar-refractivity contribution < 1.29 is 14.4 Å². The monoisotopic (exact) mass is 545 g/mol. The fourth-order valence-corrected chi connectivity index (χ4v) is 4.18. The van der Waals surface area contributed by atoms with Gasteiger partial charge in [0.05, 0.1) is 24.3 Å². The highest BCUT2D eigenvalue weighted by molar-refractivity contribution is 6.12. The standard InChI is InChI=1S/C28H27N7O3.ClH/c1-17(36)33-24-16-20(27(37)34-21-7-2-18(3-8-21)25-29-12-13-30-25)6-11-23(24)28(38)35-22-9-4-19(5-10-22)26-31-14-15-32-26;/h2-11,16H,12-15H2,1H3,(H,29,30)(H,31,32)(H,33,36)(H,34,37)(H,35,38);1H. The Balaban J connectivity index is 0.00000353. The summed E-state index contributed by atoms with van der Waals surface area (Å²) in [6, 6.07) is 19.2. The van der Waals surface area contributed by atoms with Crippen LogP contribution in [-0.2, 0) is 4.79 Å². The van der Waals surface area contributed by atoms with Crippen LogP contribution in [0.3, 0.4) is 0 Å². The molecule has 0 aliphatic carbocycles. The number of carbonyl (C=O) groups is 3. The number of halogens is 1. The second-order valence-electron chi connectivity index (χ2n) is 8.82. The van der Waals surface area contributed by atoms with Gasteiger partial charge in [0.2, 0.25) is 5.91 Å². The Hall–Kier alpha value is -4.70. The minimum absolute atomic E-state index is 0. The quantitative estimate of drug-likeness (QED) is 0.310. The predicted octanol–water partition coefficient (Wildman–Crippen LogP) is 3.27. The zero-order chi connectivity index (χ0) is 26.5. The van der Waals surface area contributed by atoms with E-state index in [1.165, 1.54) is 19.1 Å². The number of amides is 3. The Morgan fingerprint density at radius 3 is 1.67 bits per heavy atom. The molecule has 0 unspecified atom stereocenters. The van der Waals surface area contributed by atoms with Crippen LogP contribution < -0.4 is 26.6 Å². The average Bonchev–Trinajstić information content (AvgIpc) is 3.64. The summed E-state index contributed by atoms with van der Waals surface area (Å²) in [6.07, 6.45) is 0. The van der Waals surface area contributed by atoms with E-state index in [4.69, 9.17) is 0 Å². The zero-order valence-electron chi connectivity index (χ0n) is 21.2.